The van der Waals surface area contributed by atoms with E-state index in [9.17, 15) is 13.0 Å². The van der Waals surface area contributed by atoms with Gasteiger partial charge in [-0.05, 0) is 85.9 Å². The monoisotopic (exact) mass is 576 g/mol. The molecule has 0 aliphatic heterocycles. The van der Waals surface area contributed by atoms with E-state index in [0.717, 1.165) is 4.47 Å². The Morgan fingerprint density at radius 2 is 1.80 bits per heavy atom. The summed E-state index contributed by atoms with van der Waals surface area (Å²) in [7, 11) is -3.85. The van der Waals surface area contributed by atoms with E-state index in [-0.39, 0.29) is 10.8 Å². The van der Waals surface area contributed by atoms with E-state index < -0.39 is 32.3 Å². The maximum Gasteiger partial charge on any atom is 0.297 e. The summed E-state index contributed by atoms with van der Waals surface area (Å²) >= 11 is 5.19. The molecule has 6 nitrogen and oxygen atoms in total. The molecule has 1 aromatic heterocycles. The summed E-state index contributed by atoms with van der Waals surface area (Å²) in [6.07, 6.45) is 0.470. The Morgan fingerprint density at radius 3 is 2.37 bits per heavy atom. The first-order chi connectivity index (χ1) is 14.0. The van der Waals surface area contributed by atoms with Gasteiger partial charge in [0, 0.05) is 10.4 Å². The third-order valence-corrected chi connectivity index (χ3v) is 8.28. The summed E-state index contributed by atoms with van der Waals surface area (Å²) in [4.78, 5) is 4.57. The van der Waals surface area contributed by atoms with Crippen LogP contribution < -0.4 is 0 Å². The van der Waals surface area contributed by atoms with Crippen LogP contribution in [0.2, 0.25) is 0 Å². The van der Waals surface area contributed by atoms with Gasteiger partial charge in [-0.15, -0.1) is 0 Å². The Balaban J connectivity index is 1.76. The van der Waals surface area contributed by atoms with Crippen LogP contribution in [-0.2, 0) is 25.7 Å². The average molecular weight is 578 g/mol. The standard InChI is InChI=1S/C20H22Br2N2O4S2/c1-20(2,3)29(25)24-19(17-5-4-6-18(22)23-17)13-11-15(12-13)28-30(26,27)16-9-7-14(21)8-10-16/h4-10,13,15H,11-12H2,1-3H3/b24-19+/t13?,15?,29-/m1/s1. The van der Waals surface area contributed by atoms with Gasteiger partial charge >= 0.3 is 0 Å². The largest absolute Gasteiger partial charge is 0.591 e. The molecule has 1 aliphatic carbocycles. The highest BCUT2D eigenvalue weighted by Crippen LogP contribution is 2.36. The molecule has 1 aliphatic rings. The maximum atomic E-state index is 12.7. The van der Waals surface area contributed by atoms with Crippen LogP contribution in [0, 0.1) is 5.92 Å². The molecule has 1 heterocycles. The molecule has 1 saturated carbocycles. The van der Waals surface area contributed by atoms with Crippen molar-refractivity contribution >= 4 is 59.1 Å². The van der Waals surface area contributed by atoms with E-state index >= 15 is 0 Å². The second-order valence-electron chi connectivity index (χ2n) is 7.98. The van der Waals surface area contributed by atoms with Crippen LogP contribution in [0.3, 0.4) is 0 Å². The molecule has 0 spiro atoms. The molecule has 0 N–H and O–H groups in total. The van der Waals surface area contributed by atoms with Crippen LogP contribution in [0.15, 0.2) is 60.8 Å². The Kier molecular flexibility index (Phi) is 7.46. The molecule has 0 unspecified atom stereocenters. The topological polar surface area (TPSA) is 91.7 Å². The molecule has 0 amide bonds. The second-order valence-corrected chi connectivity index (χ2v) is 13.2. The lowest BCUT2D eigenvalue weighted by molar-refractivity contribution is 0.101. The fraction of sp³-hybridized carbons (Fsp3) is 0.400. The summed E-state index contributed by atoms with van der Waals surface area (Å²) in [5, 5.41) is 0. The zero-order valence-corrected chi connectivity index (χ0v) is 21.5. The average Bonchev–Trinajstić information content (AvgIpc) is 2.62. The van der Waals surface area contributed by atoms with Crippen molar-refractivity contribution in [3.05, 3.63) is 57.2 Å². The van der Waals surface area contributed by atoms with E-state index in [2.05, 4.69) is 41.2 Å². The smallest absolute Gasteiger partial charge is 0.297 e. The summed E-state index contributed by atoms with van der Waals surface area (Å²) in [6.45, 7) is 5.57. The molecule has 0 bridgehead atoms. The quantitative estimate of drug-likeness (QED) is 0.207. The molecule has 162 valence electrons. The van der Waals surface area contributed by atoms with Crippen molar-refractivity contribution in [1.82, 2.24) is 4.98 Å². The van der Waals surface area contributed by atoms with Crippen molar-refractivity contribution in [3.8, 4) is 0 Å². The van der Waals surface area contributed by atoms with Crippen LogP contribution in [0.25, 0.3) is 0 Å². The lowest BCUT2D eigenvalue weighted by Gasteiger charge is -2.35. The van der Waals surface area contributed by atoms with Crippen LogP contribution in [0.5, 0.6) is 0 Å². The van der Waals surface area contributed by atoms with Crippen LogP contribution in [0.4, 0.5) is 0 Å². The Labute approximate surface area is 197 Å². The zero-order chi connectivity index (χ0) is 22.1. The van der Waals surface area contributed by atoms with Crippen LogP contribution in [0.1, 0.15) is 39.3 Å². The fourth-order valence-corrected chi connectivity index (χ4v) is 5.21. The van der Waals surface area contributed by atoms with E-state index in [1.54, 1.807) is 18.2 Å². The van der Waals surface area contributed by atoms with Gasteiger partial charge in [0.25, 0.3) is 10.1 Å². The van der Waals surface area contributed by atoms with E-state index in [1.165, 1.54) is 12.1 Å². The number of halogens is 2. The van der Waals surface area contributed by atoms with Crippen LogP contribution >= 0.6 is 31.9 Å². The molecule has 10 heteroatoms. The van der Waals surface area contributed by atoms with Crippen molar-refractivity contribution < 1.29 is 17.2 Å². The van der Waals surface area contributed by atoms with Gasteiger partial charge in [0.05, 0.1) is 16.7 Å². The van der Waals surface area contributed by atoms with Crippen molar-refractivity contribution in [1.29, 1.82) is 0 Å². The van der Waals surface area contributed by atoms with Crippen molar-refractivity contribution in [2.45, 2.75) is 49.4 Å². The van der Waals surface area contributed by atoms with E-state index in [0.29, 0.717) is 28.9 Å². The molecule has 3 rings (SSSR count). The minimum Gasteiger partial charge on any atom is -0.591 e. The van der Waals surface area contributed by atoms with Crippen LogP contribution in [-0.4, -0.2) is 34.5 Å². The Hall–Kier alpha value is -0.780. The minimum absolute atomic E-state index is 0.0804. The number of nitrogens with zero attached hydrogens (tertiary/aromatic N) is 2. The molecular formula is C20H22Br2N2O4S2. The van der Waals surface area contributed by atoms with Gasteiger partial charge in [-0.3, -0.25) is 4.18 Å². The summed E-state index contributed by atoms with van der Waals surface area (Å²) < 4.78 is 48.5. The fourth-order valence-electron chi connectivity index (χ4n) is 2.81. The van der Waals surface area contributed by atoms with Gasteiger partial charge in [-0.2, -0.15) is 8.42 Å². The minimum atomic E-state index is -3.85. The molecule has 2 aromatic rings. The second kappa shape index (κ2) is 9.38. The molecule has 1 atom stereocenters. The highest BCUT2D eigenvalue weighted by atomic mass is 79.9. The van der Waals surface area contributed by atoms with E-state index in [4.69, 9.17) is 4.18 Å². The molecule has 0 radical (unpaired) electrons. The summed E-state index contributed by atoms with van der Waals surface area (Å²) in [5.74, 6) is -0.0804. The molecule has 1 aromatic carbocycles. The maximum absolute atomic E-state index is 12.7. The Bertz CT molecular complexity index is 1030. The lowest BCUT2D eigenvalue weighted by atomic mass is 9.78. The number of benzene rings is 1. The lowest BCUT2D eigenvalue weighted by Crippen LogP contribution is -2.39. The van der Waals surface area contributed by atoms with E-state index in [1.807, 2.05) is 32.9 Å². The third-order valence-electron chi connectivity index (χ3n) is 4.53. The molecule has 1 fully saturated rings. The molecule has 30 heavy (non-hydrogen) atoms. The zero-order valence-electron chi connectivity index (χ0n) is 16.7. The summed E-state index contributed by atoms with van der Waals surface area (Å²) in [5.41, 5.74) is 1.24. The third kappa shape index (κ3) is 5.92. The van der Waals surface area contributed by atoms with Gasteiger partial charge in [0.2, 0.25) is 0 Å². The number of hydrogen-bond donors (Lipinski definition) is 0. The number of hydrogen-bond acceptors (Lipinski definition) is 6. The molecular weight excluding hydrogens is 556 g/mol. The van der Waals surface area contributed by atoms with Crippen molar-refractivity contribution in [2.75, 3.05) is 0 Å². The summed E-state index contributed by atoms with van der Waals surface area (Å²) in [6, 6.07) is 11.8. The Morgan fingerprint density at radius 1 is 1.17 bits per heavy atom. The highest BCUT2D eigenvalue weighted by molar-refractivity contribution is 9.10. The van der Waals surface area contributed by atoms with Gasteiger partial charge in [0.1, 0.15) is 26.4 Å². The van der Waals surface area contributed by atoms with Gasteiger partial charge in [-0.1, -0.05) is 26.4 Å². The van der Waals surface area contributed by atoms with Gasteiger partial charge in [0.15, 0.2) is 0 Å². The van der Waals surface area contributed by atoms with Crippen molar-refractivity contribution in [3.63, 3.8) is 0 Å². The first-order valence-corrected chi connectivity index (χ1v) is 13.4. The first-order valence-electron chi connectivity index (χ1n) is 9.28. The predicted molar refractivity (Wildman–Crippen MR) is 125 cm³/mol. The first kappa shape index (κ1) is 23.9. The van der Waals surface area contributed by atoms with Gasteiger partial charge in [-0.25, -0.2) is 4.98 Å². The van der Waals surface area contributed by atoms with Gasteiger partial charge < -0.3 is 4.55 Å². The molecule has 0 saturated heterocycles. The number of pyridine rings is 1. The highest BCUT2D eigenvalue weighted by Gasteiger charge is 2.40. The van der Waals surface area contributed by atoms with Crippen molar-refractivity contribution in [2.24, 2.45) is 10.3 Å². The number of rotatable bonds is 6. The predicted octanol–water partition coefficient (Wildman–Crippen LogP) is 5.04. The normalized spacial score (nSPS) is 21.2. The number of aromatic nitrogens is 1. The SMILES string of the molecule is CC(C)(C)[S@@+]([O-])/N=C(/c1cccc(Br)n1)C1CC(OS(=O)(=O)c2ccc(Br)cc2)C1.